The summed E-state index contributed by atoms with van der Waals surface area (Å²) in [5, 5.41) is 4.22. The van der Waals surface area contributed by atoms with Crippen molar-refractivity contribution in [2.45, 2.75) is 26.8 Å². The third-order valence-electron chi connectivity index (χ3n) is 1.86. The zero-order valence-electron chi connectivity index (χ0n) is 6.95. The van der Waals surface area contributed by atoms with E-state index in [9.17, 15) is 0 Å². The Labute approximate surface area is 80.3 Å². The van der Waals surface area contributed by atoms with Crippen LogP contribution >= 0.6 is 22.6 Å². The van der Waals surface area contributed by atoms with E-state index in [1.54, 1.807) is 6.33 Å². The molecule has 0 saturated carbocycles. The van der Waals surface area contributed by atoms with Crippen LogP contribution in [0.5, 0.6) is 0 Å². The van der Waals surface area contributed by atoms with Gasteiger partial charge in [-0.1, -0.05) is 13.8 Å². The molecule has 0 bridgehead atoms. The van der Waals surface area contributed by atoms with Gasteiger partial charge in [0, 0.05) is 22.6 Å². The van der Waals surface area contributed by atoms with Crippen molar-refractivity contribution in [3.8, 4) is 0 Å². The van der Waals surface area contributed by atoms with Gasteiger partial charge in [-0.2, -0.15) is 0 Å². The normalized spacial score (nSPS) is 13.9. The second-order valence-corrected chi connectivity index (χ2v) is 3.94. The molecule has 4 heteroatoms. The third-order valence-corrected chi connectivity index (χ3v) is 2.36. The average molecular weight is 265 g/mol. The Morgan fingerprint density at radius 3 is 2.45 bits per heavy atom. The molecule has 1 atom stereocenters. The smallest absolute Gasteiger partial charge is 0.211 e. The van der Waals surface area contributed by atoms with Gasteiger partial charge in [-0.15, -0.1) is 5.10 Å². The molecule has 1 aromatic rings. The van der Waals surface area contributed by atoms with Crippen LogP contribution in [0.4, 0.5) is 0 Å². The van der Waals surface area contributed by atoms with E-state index >= 15 is 0 Å². The Bertz CT molecular complexity index is 231. The maximum Gasteiger partial charge on any atom is 0.211 e. The molecule has 11 heavy (non-hydrogen) atoms. The van der Waals surface area contributed by atoms with Crippen LogP contribution in [-0.2, 0) is 0 Å². The monoisotopic (exact) mass is 265 g/mol. The van der Waals surface area contributed by atoms with Crippen molar-refractivity contribution >= 4 is 22.6 Å². The van der Waals surface area contributed by atoms with Gasteiger partial charge in [0.05, 0.1) is 6.04 Å². The summed E-state index contributed by atoms with van der Waals surface area (Å²) < 4.78 is 2.72. The van der Waals surface area contributed by atoms with Gasteiger partial charge in [-0.25, -0.2) is 9.67 Å². The standard InChI is InChI=1S/C7H12IN3/c1-5(2)6(3)11-4-9-7(8)10-11/h4-6H,1-3H3. The number of rotatable bonds is 2. The second-order valence-electron chi connectivity index (χ2n) is 2.98. The van der Waals surface area contributed by atoms with Crippen molar-refractivity contribution in [2.24, 2.45) is 5.92 Å². The summed E-state index contributed by atoms with van der Waals surface area (Å²) in [4.78, 5) is 4.06. The molecule has 1 heterocycles. The van der Waals surface area contributed by atoms with Gasteiger partial charge < -0.3 is 0 Å². The zero-order valence-corrected chi connectivity index (χ0v) is 9.11. The lowest BCUT2D eigenvalue weighted by Gasteiger charge is -2.14. The second kappa shape index (κ2) is 3.51. The van der Waals surface area contributed by atoms with E-state index in [0.29, 0.717) is 12.0 Å². The zero-order chi connectivity index (χ0) is 8.43. The summed E-state index contributed by atoms with van der Waals surface area (Å²) in [5.41, 5.74) is 0. The molecule has 0 spiro atoms. The highest BCUT2D eigenvalue weighted by Crippen LogP contribution is 2.14. The lowest BCUT2D eigenvalue weighted by molar-refractivity contribution is 0.373. The van der Waals surface area contributed by atoms with E-state index < -0.39 is 0 Å². The summed E-state index contributed by atoms with van der Waals surface area (Å²) in [6.45, 7) is 6.51. The molecule has 1 unspecified atom stereocenters. The molecule has 0 saturated heterocycles. The highest BCUT2D eigenvalue weighted by molar-refractivity contribution is 14.1. The third kappa shape index (κ3) is 2.15. The maximum absolute atomic E-state index is 4.22. The molecule has 62 valence electrons. The number of halogens is 1. The highest BCUT2D eigenvalue weighted by atomic mass is 127. The van der Waals surface area contributed by atoms with Crippen LogP contribution in [0, 0.1) is 9.75 Å². The first-order valence-corrected chi connectivity index (χ1v) is 4.75. The number of aromatic nitrogens is 3. The molecular weight excluding hydrogens is 253 g/mol. The molecule has 1 rings (SSSR count). The Morgan fingerprint density at radius 2 is 2.09 bits per heavy atom. The topological polar surface area (TPSA) is 30.7 Å². The van der Waals surface area contributed by atoms with Crippen LogP contribution < -0.4 is 0 Å². The maximum atomic E-state index is 4.22. The molecule has 0 radical (unpaired) electrons. The van der Waals surface area contributed by atoms with Crippen molar-refractivity contribution in [3.63, 3.8) is 0 Å². The Hall–Kier alpha value is -0.130. The fourth-order valence-corrected chi connectivity index (χ4v) is 1.13. The van der Waals surface area contributed by atoms with Crippen LogP contribution in [0.2, 0.25) is 0 Å². The van der Waals surface area contributed by atoms with E-state index in [1.807, 2.05) is 4.68 Å². The Balaban J connectivity index is 2.76. The molecule has 0 aliphatic rings. The highest BCUT2D eigenvalue weighted by Gasteiger charge is 2.09. The van der Waals surface area contributed by atoms with Crippen LogP contribution in [0.15, 0.2) is 6.33 Å². The van der Waals surface area contributed by atoms with Gasteiger partial charge in [-0.05, 0) is 12.8 Å². The summed E-state index contributed by atoms with van der Waals surface area (Å²) in [6, 6.07) is 0.436. The molecule has 0 aliphatic carbocycles. The van der Waals surface area contributed by atoms with E-state index in [0.717, 1.165) is 3.83 Å². The average Bonchev–Trinajstić information content (AvgIpc) is 2.34. The van der Waals surface area contributed by atoms with Gasteiger partial charge in [0.25, 0.3) is 0 Å². The van der Waals surface area contributed by atoms with Crippen LogP contribution in [0.25, 0.3) is 0 Å². The first-order chi connectivity index (χ1) is 5.11. The fraction of sp³-hybridized carbons (Fsp3) is 0.714. The lowest BCUT2D eigenvalue weighted by atomic mass is 10.1. The Morgan fingerprint density at radius 1 is 1.45 bits per heavy atom. The quantitative estimate of drug-likeness (QED) is 0.767. The molecule has 1 aromatic heterocycles. The van der Waals surface area contributed by atoms with E-state index in [2.05, 4.69) is 53.4 Å². The van der Waals surface area contributed by atoms with Gasteiger partial charge >= 0.3 is 0 Å². The number of hydrogen-bond acceptors (Lipinski definition) is 2. The van der Waals surface area contributed by atoms with Crippen LogP contribution in [0.3, 0.4) is 0 Å². The van der Waals surface area contributed by atoms with Crippen molar-refractivity contribution < 1.29 is 0 Å². The van der Waals surface area contributed by atoms with Crippen molar-refractivity contribution in [3.05, 3.63) is 10.2 Å². The summed E-state index contributed by atoms with van der Waals surface area (Å²) in [6.07, 6.45) is 1.78. The minimum atomic E-state index is 0.436. The molecule has 0 fully saturated rings. The number of hydrogen-bond donors (Lipinski definition) is 0. The first kappa shape index (κ1) is 8.96. The van der Waals surface area contributed by atoms with Crippen molar-refractivity contribution in [1.29, 1.82) is 0 Å². The molecule has 0 N–H and O–H groups in total. The predicted octanol–water partition coefficient (Wildman–Crippen LogP) is 2.10. The van der Waals surface area contributed by atoms with Crippen molar-refractivity contribution in [1.82, 2.24) is 14.8 Å². The Kier molecular flexibility index (Phi) is 2.86. The molecular formula is C7H12IN3. The molecule has 0 aliphatic heterocycles. The van der Waals surface area contributed by atoms with Gasteiger partial charge in [0.2, 0.25) is 3.83 Å². The van der Waals surface area contributed by atoms with E-state index in [-0.39, 0.29) is 0 Å². The van der Waals surface area contributed by atoms with Gasteiger partial charge in [-0.3, -0.25) is 0 Å². The van der Waals surface area contributed by atoms with Gasteiger partial charge in [0.15, 0.2) is 0 Å². The van der Waals surface area contributed by atoms with Gasteiger partial charge in [0.1, 0.15) is 6.33 Å². The van der Waals surface area contributed by atoms with E-state index in [1.165, 1.54) is 0 Å². The van der Waals surface area contributed by atoms with Crippen LogP contribution in [-0.4, -0.2) is 14.8 Å². The van der Waals surface area contributed by atoms with Crippen LogP contribution in [0.1, 0.15) is 26.8 Å². The summed E-state index contributed by atoms with van der Waals surface area (Å²) in [5.74, 6) is 0.604. The minimum Gasteiger partial charge on any atom is -0.249 e. The minimum absolute atomic E-state index is 0.436. The summed E-state index contributed by atoms with van der Waals surface area (Å²) >= 11 is 2.11. The molecule has 3 nitrogen and oxygen atoms in total. The fourth-order valence-electron chi connectivity index (χ4n) is 0.755. The molecule has 0 aromatic carbocycles. The van der Waals surface area contributed by atoms with Crippen molar-refractivity contribution in [2.75, 3.05) is 0 Å². The first-order valence-electron chi connectivity index (χ1n) is 3.68. The lowest BCUT2D eigenvalue weighted by Crippen LogP contribution is -2.11. The summed E-state index contributed by atoms with van der Waals surface area (Å²) in [7, 11) is 0. The largest absolute Gasteiger partial charge is 0.249 e. The molecule has 0 amide bonds. The van der Waals surface area contributed by atoms with E-state index in [4.69, 9.17) is 0 Å². The predicted molar refractivity (Wildman–Crippen MR) is 52.3 cm³/mol. The number of nitrogens with zero attached hydrogens (tertiary/aromatic N) is 3. The SMILES string of the molecule is CC(C)C(C)n1cnc(I)n1.